The molecule has 3 nitrogen and oxygen atoms in total. The van der Waals surface area contributed by atoms with Crippen LogP contribution in [0, 0.1) is 5.41 Å². The van der Waals surface area contributed by atoms with Crippen molar-refractivity contribution in [3.8, 4) is 5.75 Å². The highest BCUT2D eigenvalue weighted by Gasteiger charge is 2.43. The highest BCUT2D eigenvalue weighted by atomic mass is 16.5. The summed E-state index contributed by atoms with van der Waals surface area (Å²) >= 11 is 0. The molecule has 1 saturated carbocycles. The smallest absolute Gasteiger partial charge is 0.309 e. The van der Waals surface area contributed by atoms with E-state index in [0.29, 0.717) is 12.5 Å². The number of para-hydroxylation sites is 1. The van der Waals surface area contributed by atoms with Crippen molar-refractivity contribution in [3.05, 3.63) is 29.8 Å². The maximum absolute atomic E-state index is 11.7. The number of benzene rings is 1. The molecule has 1 unspecified atom stereocenters. The van der Waals surface area contributed by atoms with Crippen molar-refractivity contribution >= 4 is 5.97 Å². The number of hydrogen-bond acceptors (Lipinski definition) is 2. The van der Waals surface area contributed by atoms with Gasteiger partial charge < -0.3 is 9.84 Å². The summed E-state index contributed by atoms with van der Waals surface area (Å²) in [7, 11) is 0. The van der Waals surface area contributed by atoms with Crippen LogP contribution in [0.3, 0.4) is 0 Å². The minimum atomic E-state index is -0.603. The van der Waals surface area contributed by atoms with Gasteiger partial charge in [0.15, 0.2) is 0 Å². The van der Waals surface area contributed by atoms with Gasteiger partial charge in [-0.2, -0.15) is 0 Å². The van der Waals surface area contributed by atoms with Gasteiger partial charge in [0, 0.05) is 0 Å². The number of hydrogen-bond donors (Lipinski definition) is 1. The van der Waals surface area contributed by atoms with E-state index in [1.165, 1.54) is 5.56 Å². The second-order valence-electron chi connectivity index (χ2n) is 5.87. The Balaban J connectivity index is 1.86. The molecule has 0 radical (unpaired) electrons. The van der Waals surface area contributed by atoms with Crippen molar-refractivity contribution in [1.29, 1.82) is 0 Å². The second-order valence-corrected chi connectivity index (χ2v) is 5.87. The Bertz CT molecular complexity index is 475. The molecule has 1 aromatic carbocycles. The van der Waals surface area contributed by atoms with Gasteiger partial charge in [0.05, 0.1) is 12.0 Å². The zero-order valence-corrected chi connectivity index (χ0v) is 11.1. The third kappa shape index (κ3) is 2.22. The van der Waals surface area contributed by atoms with E-state index in [9.17, 15) is 9.90 Å². The number of aliphatic carboxylic acids is 1. The van der Waals surface area contributed by atoms with Gasteiger partial charge in [-0.3, -0.25) is 4.79 Å². The number of rotatable bonds is 3. The van der Waals surface area contributed by atoms with Crippen molar-refractivity contribution in [1.82, 2.24) is 0 Å². The number of carboxylic acid groups (broad SMARTS) is 1. The molecular formula is C16H20O3. The number of carboxylic acids is 1. The molecular weight excluding hydrogens is 240 g/mol. The van der Waals surface area contributed by atoms with Crippen molar-refractivity contribution in [2.24, 2.45) is 5.41 Å². The lowest BCUT2D eigenvalue weighted by Crippen LogP contribution is -2.31. The third-order valence-corrected chi connectivity index (χ3v) is 4.73. The van der Waals surface area contributed by atoms with Crippen LogP contribution in [0.4, 0.5) is 0 Å². The molecule has 1 aliphatic heterocycles. The molecule has 0 bridgehead atoms. The summed E-state index contributed by atoms with van der Waals surface area (Å²) in [5.74, 6) is 0.672. The van der Waals surface area contributed by atoms with Crippen molar-refractivity contribution in [2.45, 2.75) is 44.4 Å². The van der Waals surface area contributed by atoms with E-state index >= 15 is 0 Å². The van der Waals surface area contributed by atoms with Crippen LogP contribution < -0.4 is 4.74 Å². The highest BCUT2D eigenvalue weighted by Crippen LogP contribution is 2.48. The van der Waals surface area contributed by atoms with Gasteiger partial charge in [0.2, 0.25) is 0 Å². The van der Waals surface area contributed by atoms with E-state index in [4.69, 9.17) is 4.74 Å². The lowest BCUT2D eigenvalue weighted by atomic mass is 9.74. The molecule has 1 fully saturated rings. The molecule has 19 heavy (non-hydrogen) atoms. The predicted octanol–water partition coefficient (Wildman–Crippen LogP) is 3.59. The van der Waals surface area contributed by atoms with Crippen LogP contribution in [0.15, 0.2) is 24.3 Å². The summed E-state index contributed by atoms with van der Waals surface area (Å²) in [5, 5.41) is 9.61. The molecule has 2 aliphatic rings. The summed E-state index contributed by atoms with van der Waals surface area (Å²) in [5.41, 5.74) is 0.705. The maximum Gasteiger partial charge on any atom is 0.309 e. The topological polar surface area (TPSA) is 46.5 Å². The monoisotopic (exact) mass is 260 g/mol. The van der Waals surface area contributed by atoms with Gasteiger partial charge in [-0.05, 0) is 43.2 Å². The van der Waals surface area contributed by atoms with Crippen LogP contribution in [0.25, 0.3) is 0 Å². The second kappa shape index (κ2) is 4.87. The summed E-state index contributed by atoms with van der Waals surface area (Å²) in [6.45, 7) is 0.706. The van der Waals surface area contributed by atoms with Crippen LogP contribution in [0.1, 0.15) is 50.0 Å². The predicted molar refractivity (Wildman–Crippen MR) is 72.4 cm³/mol. The summed E-state index contributed by atoms with van der Waals surface area (Å²) in [6, 6.07) is 8.07. The first-order valence-electron chi connectivity index (χ1n) is 7.16. The lowest BCUT2D eigenvalue weighted by Gasteiger charge is -2.32. The number of ether oxygens (including phenoxy) is 1. The average Bonchev–Trinajstić information content (AvgIpc) is 2.89. The Morgan fingerprint density at radius 1 is 1.32 bits per heavy atom. The quantitative estimate of drug-likeness (QED) is 0.903. The first-order valence-corrected chi connectivity index (χ1v) is 7.16. The van der Waals surface area contributed by atoms with E-state index < -0.39 is 11.4 Å². The fourth-order valence-corrected chi connectivity index (χ4v) is 3.66. The summed E-state index contributed by atoms with van der Waals surface area (Å²) in [4.78, 5) is 11.7. The van der Waals surface area contributed by atoms with Crippen LogP contribution in [0.5, 0.6) is 5.75 Å². The van der Waals surface area contributed by atoms with Crippen LogP contribution in [-0.4, -0.2) is 17.7 Å². The van der Waals surface area contributed by atoms with E-state index in [2.05, 4.69) is 6.07 Å². The Labute approximate surface area is 113 Å². The van der Waals surface area contributed by atoms with Gasteiger partial charge in [0.1, 0.15) is 5.75 Å². The summed E-state index contributed by atoms with van der Waals surface area (Å²) in [6.07, 6.45) is 5.48. The largest absolute Gasteiger partial charge is 0.493 e. The van der Waals surface area contributed by atoms with E-state index in [-0.39, 0.29) is 0 Å². The molecule has 3 rings (SSSR count). The van der Waals surface area contributed by atoms with E-state index in [0.717, 1.165) is 44.3 Å². The zero-order valence-electron chi connectivity index (χ0n) is 11.1. The molecule has 0 aromatic heterocycles. The number of fused-ring (bicyclic) bond motifs is 1. The third-order valence-electron chi connectivity index (χ3n) is 4.73. The van der Waals surface area contributed by atoms with E-state index in [1.54, 1.807) is 0 Å². The Kier molecular flexibility index (Phi) is 3.21. The van der Waals surface area contributed by atoms with Gasteiger partial charge in [-0.25, -0.2) is 0 Å². The van der Waals surface area contributed by atoms with Gasteiger partial charge >= 0.3 is 5.97 Å². The Morgan fingerprint density at radius 3 is 2.79 bits per heavy atom. The summed E-state index contributed by atoms with van der Waals surface area (Å²) < 4.78 is 5.66. The Hall–Kier alpha value is -1.51. The molecule has 102 valence electrons. The highest BCUT2D eigenvalue weighted by molar-refractivity contribution is 5.75. The van der Waals surface area contributed by atoms with Crippen molar-refractivity contribution < 1.29 is 14.6 Å². The maximum atomic E-state index is 11.7. The molecule has 1 aromatic rings. The van der Waals surface area contributed by atoms with Gasteiger partial charge in [-0.1, -0.05) is 31.0 Å². The molecule has 1 heterocycles. The fraction of sp³-hybridized carbons (Fsp3) is 0.562. The molecule has 1 aliphatic carbocycles. The Morgan fingerprint density at radius 2 is 2.05 bits per heavy atom. The molecule has 3 heteroatoms. The molecule has 0 spiro atoms. The zero-order chi connectivity index (χ0) is 13.3. The SMILES string of the molecule is O=C(O)C1(CC2CCOc3ccccc32)CCCC1. The molecule has 1 atom stereocenters. The van der Waals surface area contributed by atoms with E-state index in [1.807, 2.05) is 18.2 Å². The normalized spacial score (nSPS) is 24.5. The van der Waals surface area contributed by atoms with Gasteiger partial charge in [0.25, 0.3) is 0 Å². The first kappa shape index (κ1) is 12.5. The minimum absolute atomic E-state index is 0.333. The number of carbonyl (C=O) groups is 1. The minimum Gasteiger partial charge on any atom is -0.493 e. The van der Waals surface area contributed by atoms with Crippen LogP contribution in [-0.2, 0) is 4.79 Å². The van der Waals surface area contributed by atoms with Crippen LogP contribution >= 0.6 is 0 Å². The van der Waals surface area contributed by atoms with Crippen molar-refractivity contribution in [3.63, 3.8) is 0 Å². The molecule has 1 N–H and O–H groups in total. The fourth-order valence-electron chi connectivity index (χ4n) is 3.66. The lowest BCUT2D eigenvalue weighted by molar-refractivity contribution is -0.149. The molecule has 0 amide bonds. The average molecular weight is 260 g/mol. The molecule has 0 saturated heterocycles. The van der Waals surface area contributed by atoms with Crippen molar-refractivity contribution in [2.75, 3.05) is 6.61 Å². The standard InChI is InChI=1S/C16H20O3/c17-15(18)16(8-3-4-9-16)11-12-7-10-19-14-6-2-1-5-13(12)14/h1-2,5-6,12H,3-4,7-11H2,(H,17,18). The van der Waals surface area contributed by atoms with Crippen LogP contribution in [0.2, 0.25) is 0 Å². The van der Waals surface area contributed by atoms with Gasteiger partial charge in [-0.15, -0.1) is 0 Å². The first-order chi connectivity index (χ1) is 9.21.